The summed E-state index contributed by atoms with van der Waals surface area (Å²) in [5.74, 6) is -1.91. The number of benzene rings is 1. The molecular weight excluding hydrogens is 301 g/mol. The van der Waals surface area contributed by atoms with Gasteiger partial charge in [0.15, 0.2) is 0 Å². The summed E-state index contributed by atoms with van der Waals surface area (Å²) < 4.78 is 39.1. The SMILES string of the molecule is Cc1cc(C(=O)C(F)(F)F)c(C)n1-c1ccc([N+](=O)[O-])cc1. The highest BCUT2D eigenvalue weighted by atomic mass is 19.4. The molecule has 8 heteroatoms. The standard InChI is InChI=1S/C14H11F3N2O3/c1-8-7-12(13(20)14(15,16)17)9(2)18(8)10-3-5-11(6-4-10)19(21)22/h3-7H,1-2H3. The number of hydrogen-bond donors (Lipinski definition) is 0. The number of nitrogens with zero attached hydrogens (tertiary/aromatic N) is 2. The van der Waals surface area contributed by atoms with Gasteiger partial charge < -0.3 is 4.57 Å². The zero-order valence-corrected chi connectivity index (χ0v) is 11.6. The number of ketones is 1. The van der Waals surface area contributed by atoms with Crippen LogP contribution in [0.3, 0.4) is 0 Å². The van der Waals surface area contributed by atoms with E-state index in [1.807, 2.05) is 0 Å². The van der Waals surface area contributed by atoms with Crippen molar-refractivity contribution in [1.82, 2.24) is 4.57 Å². The lowest BCUT2D eigenvalue weighted by Gasteiger charge is -2.10. The fourth-order valence-electron chi connectivity index (χ4n) is 2.27. The molecule has 1 aromatic carbocycles. The van der Waals surface area contributed by atoms with Crippen LogP contribution in [0.4, 0.5) is 18.9 Å². The topological polar surface area (TPSA) is 65.1 Å². The number of aryl methyl sites for hydroxylation is 1. The summed E-state index contributed by atoms with van der Waals surface area (Å²) in [5, 5.41) is 10.6. The van der Waals surface area contributed by atoms with Crippen LogP contribution in [0, 0.1) is 24.0 Å². The second kappa shape index (κ2) is 5.28. The Hall–Kier alpha value is -2.64. The number of halogens is 3. The van der Waals surface area contributed by atoms with Crippen LogP contribution in [0.2, 0.25) is 0 Å². The van der Waals surface area contributed by atoms with E-state index in [2.05, 4.69) is 0 Å². The van der Waals surface area contributed by atoms with Crippen LogP contribution in [0.5, 0.6) is 0 Å². The zero-order valence-electron chi connectivity index (χ0n) is 11.6. The van der Waals surface area contributed by atoms with Crippen LogP contribution in [0.15, 0.2) is 30.3 Å². The zero-order chi connectivity index (χ0) is 16.7. The molecule has 0 spiro atoms. The van der Waals surface area contributed by atoms with Crippen LogP contribution < -0.4 is 0 Å². The van der Waals surface area contributed by atoms with Crippen molar-refractivity contribution >= 4 is 11.5 Å². The maximum atomic E-state index is 12.6. The molecule has 0 amide bonds. The van der Waals surface area contributed by atoms with Crippen molar-refractivity contribution in [2.24, 2.45) is 0 Å². The number of hydrogen-bond acceptors (Lipinski definition) is 3. The second-order valence-corrected chi connectivity index (χ2v) is 4.72. The first-order valence-corrected chi connectivity index (χ1v) is 6.18. The van der Waals surface area contributed by atoms with E-state index in [0.29, 0.717) is 11.4 Å². The molecule has 22 heavy (non-hydrogen) atoms. The molecule has 0 N–H and O–H groups in total. The summed E-state index contributed by atoms with van der Waals surface area (Å²) in [6, 6.07) is 6.49. The third kappa shape index (κ3) is 2.72. The number of Topliss-reactive ketones (excluding diaryl/α,β-unsaturated/α-hetero) is 1. The summed E-state index contributed by atoms with van der Waals surface area (Å²) in [6.45, 7) is 2.95. The van der Waals surface area contributed by atoms with Gasteiger partial charge in [-0.15, -0.1) is 0 Å². The van der Waals surface area contributed by atoms with Crippen LogP contribution in [0.1, 0.15) is 21.7 Å². The highest BCUT2D eigenvalue weighted by Gasteiger charge is 2.41. The van der Waals surface area contributed by atoms with Crippen molar-refractivity contribution in [3.05, 3.63) is 57.4 Å². The third-order valence-corrected chi connectivity index (χ3v) is 3.25. The first kappa shape index (κ1) is 15.7. The average molecular weight is 312 g/mol. The van der Waals surface area contributed by atoms with Gasteiger partial charge in [0.2, 0.25) is 0 Å². The van der Waals surface area contributed by atoms with Gasteiger partial charge in [0, 0.05) is 34.8 Å². The van der Waals surface area contributed by atoms with Gasteiger partial charge in [-0.1, -0.05) is 0 Å². The van der Waals surface area contributed by atoms with Gasteiger partial charge in [-0.05, 0) is 32.0 Å². The minimum Gasteiger partial charge on any atom is -0.318 e. The Balaban J connectivity index is 2.51. The molecule has 0 unspecified atom stereocenters. The van der Waals surface area contributed by atoms with Gasteiger partial charge in [-0.3, -0.25) is 14.9 Å². The number of carbonyl (C=O) groups is 1. The minimum absolute atomic E-state index is 0.127. The summed E-state index contributed by atoms with van der Waals surface area (Å²) in [6.07, 6.45) is -4.95. The fraction of sp³-hybridized carbons (Fsp3) is 0.214. The second-order valence-electron chi connectivity index (χ2n) is 4.72. The Bertz CT molecular complexity index is 746. The predicted molar refractivity (Wildman–Crippen MR) is 72.3 cm³/mol. The fourth-order valence-corrected chi connectivity index (χ4v) is 2.27. The maximum absolute atomic E-state index is 12.6. The van der Waals surface area contributed by atoms with E-state index in [0.717, 1.165) is 6.07 Å². The normalized spacial score (nSPS) is 11.5. The molecule has 2 rings (SSSR count). The number of non-ortho nitro benzene ring substituents is 1. The molecule has 0 saturated heterocycles. The lowest BCUT2D eigenvalue weighted by atomic mass is 10.1. The monoisotopic (exact) mass is 312 g/mol. The van der Waals surface area contributed by atoms with Gasteiger partial charge in [-0.2, -0.15) is 13.2 Å². The van der Waals surface area contributed by atoms with E-state index in [-0.39, 0.29) is 11.4 Å². The molecule has 0 aliphatic rings. The number of nitro groups is 1. The molecule has 0 saturated carbocycles. The molecule has 116 valence electrons. The lowest BCUT2D eigenvalue weighted by molar-refractivity contribution is -0.384. The minimum atomic E-state index is -4.95. The largest absolute Gasteiger partial charge is 0.454 e. The number of nitro benzene ring substituents is 1. The Labute approximate surface area is 123 Å². The van der Waals surface area contributed by atoms with E-state index in [4.69, 9.17) is 0 Å². The molecule has 0 fully saturated rings. The van der Waals surface area contributed by atoms with E-state index in [9.17, 15) is 28.1 Å². The maximum Gasteiger partial charge on any atom is 0.454 e. The van der Waals surface area contributed by atoms with Crippen LogP contribution >= 0.6 is 0 Å². The summed E-state index contributed by atoms with van der Waals surface area (Å²) in [7, 11) is 0. The van der Waals surface area contributed by atoms with Crippen LogP contribution in [-0.4, -0.2) is 21.4 Å². The van der Waals surface area contributed by atoms with Crippen molar-refractivity contribution in [1.29, 1.82) is 0 Å². The highest BCUT2D eigenvalue weighted by molar-refractivity contribution is 6.01. The van der Waals surface area contributed by atoms with Crippen molar-refractivity contribution in [2.45, 2.75) is 20.0 Å². The molecule has 1 heterocycles. The first-order valence-electron chi connectivity index (χ1n) is 6.18. The molecule has 0 aliphatic carbocycles. The smallest absolute Gasteiger partial charge is 0.318 e. The lowest BCUT2D eigenvalue weighted by Crippen LogP contribution is -2.23. The molecule has 5 nitrogen and oxygen atoms in total. The van der Waals surface area contributed by atoms with Gasteiger partial charge in [-0.25, -0.2) is 0 Å². The molecule has 0 bridgehead atoms. The van der Waals surface area contributed by atoms with E-state index >= 15 is 0 Å². The van der Waals surface area contributed by atoms with Gasteiger partial charge >= 0.3 is 6.18 Å². The van der Waals surface area contributed by atoms with Crippen LogP contribution in [0.25, 0.3) is 5.69 Å². The number of alkyl halides is 3. The van der Waals surface area contributed by atoms with E-state index in [1.165, 1.54) is 35.8 Å². The number of rotatable bonds is 3. The third-order valence-electron chi connectivity index (χ3n) is 3.25. The van der Waals surface area contributed by atoms with Gasteiger partial charge in [0.05, 0.1) is 4.92 Å². The predicted octanol–water partition coefficient (Wildman–Crippen LogP) is 3.75. The van der Waals surface area contributed by atoms with Crippen molar-refractivity contribution in [3.8, 4) is 5.69 Å². The average Bonchev–Trinajstić information content (AvgIpc) is 2.72. The first-order chi connectivity index (χ1) is 10.1. The summed E-state index contributed by atoms with van der Waals surface area (Å²) in [4.78, 5) is 21.4. The Morgan fingerprint density at radius 3 is 2.18 bits per heavy atom. The summed E-state index contributed by atoms with van der Waals surface area (Å²) >= 11 is 0. The Kier molecular flexibility index (Phi) is 3.78. The molecule has 0 radical (unpaired) electrons. The molecule has 0 atom stereocenters. The molecule has 1 aromatic heterocycles. The number of carbonyl (C=O) groups excluding carboxylic acids is 1. The quantitative estimate of drug-likeness (QED) is 0.492. The van der Waals surface area contributed by atoms with Crippen molar-refractivity contribution in [2.75, 3.05) is 0 Å². The van der Waals surface area contributed by atoms with Crippen molar-refractivity contribution < 1.29 is 22.9 Å². The van der Waals surface area contributed by atoms with E-state index < -0.39 is 22.4 Å². The van der Waals surface area contributed by atoms with Gasteiger partial charge in [0.1, 0.15) is 0 Å². The molecule has 0 aliphatic heterocycles. The Morgan fingerprint density at radius 1 is 1.18 bits per heavy atom. The van der Waals surface area contributed by atoms with Gasteiger partial charge in [0.25, 0.3) is 11.5 Å². The van der Waals surface area contributed by atoms with Crippen molar-refractivity contribution in [3.63, 3.8) is 0 Å². The number of aromatic nitrogens is 1. The van der Waals surface area contributed by atoms with E-state index in [1.54, 1.807) is 6.92 Å². The molecule has 2 aromatic rings. The van der Waals surface area contributed by atoms with Crippen LogP contribution in [-0.2, 0) is 0 Å². The molecular formula is C14H11F3N2O3. The Morgan fingerprint density at radius 2 is 1.73 bits per heavy atom. The highest BCUT2D eigenvalue weighted by Crippen LogP contribution is 2.28. The summed E-state index contributed by atoms with van der Waals surface area (Å²) in [5.41, 5.74) is 0.454.